The highest BCUT2D eigenvalue weighted by atomic mass is 127. The predicted octanol–water partition coefficient (Wildman–Crippen LogP) is 2.74. The van der Waals surface area contributed by atoms with E-state index in [2.05, 4.69) is 36.3 Å². The highest BCUT2D eigenvalue weighted by molar-refractivity contribution is 14.0. The van der Waals surface area contributed by atoms with E-state index < -0.39 is 10.8 Å². The third kappa shape index (κ3) is 9.26. The van der Waals surface area contributed by atoms with Crippen molar-refractivity contribution < 1.29 is 8.95 Å². The Morgan fingerprint density at radius 1 is 1.21 bits per heavy atom. The Hall–Kier alpha value is 0.0700. The van der Waals surface area contributed by atoms with Gasteiger partial charge >= 0.3 is 0 Å². The molecule has 2 aliphatic rings. The van der Waals surface area contributed by atoms with Gasteiger partial charge < -0.3 is 15.4 Å². The number of guanidine groups is 1. The number of morpholine rings is 1. The Morgan fingerprint density at radius 2 is 1.93 bits per heavy atom. The molecule has 5 unspecified atom stereocenters. The average molecular weight is 529 g/mol. The summed E-state index contributed by atoms with van der Waals surface area (Å²) in [4.78, 5) is 7.27. The molecule has 166 valence electrons. The first-order valence-corrected chi connectivity index (χ1v) is 12.2. The number of halogens is 1. The molecule has 28 heavy (non-hydrogen) atoms. The van der Waals surface area contributed by atoms with E-state index in [9.17, 15) is 4.21 Å². The van der Waals surface area contributed by atoms with Crippen LogP contribution < -0.4 is 10.6 Å². The van der Waals surface area contributed by atoms with Crippen LogP contribution in [0.25, 0.3) is 0 Å². The molecule has 0 aromatic carbocycles. The zero-order valence-electron chi connectivity index (χ0n) is 18.1. The SMILES string of the molecule is CCNC(=NCCCN1CC(C)OC(C)C1)NC1CCCC(S(=O)CC)C1.I. The van der Waals surface area contributed by atoms with E-state index in [-0.39, 0.29) is 24.0 Å². The molecule has 6 nitrogen and oxygen atoms in total. The van der Waals surface area contributed by atoms with Crippen LogP contribution in [0, 0.1) is 0 Å². The van der Waals surface area contributed by atoms with Crippen molar-refractivity contribution in [2.45, 2.75) is 83.3 Å². The highest BCUT2D eigenvalue weighted by Crippen LogP contribution is 2.23. The maximum Gasteiger partial charge on any atom is 0.191 e. The van der Waals surface area contributed by atoms with Gasteiger partial charge in [0.25, 0.3) is 0 Å². The summed E-state index contributed by atoms with van der Waals surface area (Å²) in [6, 6.07) is 0.387. The normalized spacial score (nSPS) is 30.4. The molecule has 0 radical (unpaired) electrons. The van der Waals surface area contributed by atoms with Crippen molar-refractivity contribution in [3.63, 3.8) is 0 Å². The lowest BCUT2D eigenvalue weighted by Crippen LogP contribution is -2.47. The molecular weight excluding hydrogens is 487 g/mol. The van der Waals surface area contributed by atoms with Gasteiger partial charge in [-0.15, -0.1) is 24.0 Å². The molecule has 0 amide bonds. The third-order valence-corrected chi connectivity index (χ3v) is 7.11. The van der Waals surface area contributed by atoms with E-state index in [4.69, 9.17) is 9.73 Å². The number of ether oxygens (including phenoxy) is 1. The van der Waals surface area contributed by atoms with Crippen molar-refractivity contribution in [2.24, 2.45) is 4.99 Å². The molecule has 2 fully saturated rings. The Bertz CT molecular complexity index is 485. The van der Waals surface area contributed by atoms with E-state index >= 15 is 0 Å². The molecular formula is C20H41IN4O2S. The predicted molar refractivity (Wildman–Crippen MR) is 130 cm³/mol. The lowest BCUT2D eigenvalue weighted by atomic mass is 9.95. The number of nitrogens with one attached hydrogen (secondary N) is 2. The van der Waals surface area contributed by atoms with Crippen LogP contribution in [-0.2, 0) is 15.5 Å². The summed E-state index contributed by atoms with van der Waals surface area (Å²) < 4.78 is 18.0. The van der Waals surface area contributed by atoms with Gasteiger partial charge in [0.15, 0.2) is 5.96 Å². The summed E-state index contributed by atoms with van der Waals surface area (Å²) in [6.45, 7) is 13.2. The molecule has 2 rings (SSSR count). The molecule has 0 bridgehead atoms. The second-order valence-electron chi connectivity index (χ2n) is 7.93. The van der Waals surface area contributed by atoms with Gasteiger partial charge in [0.1, 0.15) is 0 Å². The third-order valence-electron chi connectivity index (χ3n) is 5.37. The maximum atomic E-state index is 12.2. The number of hydrogen-bond donors (Lipinski definition) is 2. The fraction of sp³-hybridized carbons (Fsp3) is 0.950. The van der Waals surface area contributed by atoms with Crippen LogP contribution in [0.4, 0.5) is 0 Å². The van der Waals surface area contributed by atoms with Gasteiger partial charge in [0, 0.05) is 60.6 Å². The van der Waals surface area contributed by atoms with E-state index in [0.717, 1.165) is 76.5 Å². The lowest BCUT2D eigenvalue weighted by molar-refractivity contribution is -0.0679. The number of nitrogens with zero attached hydrogens (tertiary/aromatic N) is 2. The van der Waals surface area contributed by atoms with Crippen LogP contribution in [0.2, 0.25) is 0 Å². The van der Waals surface area contributed by atoms with E-state index in [1.807, 2.05) is 6.92 Å². The summed E-state index contributed by atoms with van der Waals surface area (Å²) in [5, 5.41) is 7.30. The molecule has 8 heteroatoms. The smallest absolute Gasteiger partial charge is 0.191 e. The van der Waals surface area contributed by atoms with E-state index in [1.165, 1.54) is 0 Å². The molecule has 0 aromatic rings. The molecule has 0 spiro atoms. The van der Waals surface area contributed by atoms with Crippen molar-refractivity contribution in [1.29, 1.82) is 0 Å². The highest BCUT2D eigenvalue weighted by Gasteiger charge is 2.26. The molecule has 2 N–H and O–H groups in total. The largest absolute Gasteiger partial charge is 0.373 e. The van der Waals surface area contributed by atoms with Gasteiger partial charge in [0.05, 0.1) is 12.2 Å². The summed E-state index contributed by atoms with van der Waals surface area (Å²) >= 11 is 0. The summed E-state index contributed by atoms with van der Waals surface area (Å²) in [7, 11) is -0.684. The molecule has 1 aliphatic carbocycles. The van der Waals surface area contributed by atoms with Crippen molar-refractivity contribution in [2.75, 3.05) is 38.5 Å². The van der Waals surface area contributed by atoms with Gasteiger partial charge in [-0.1, -0.05) is 13.3 Å². The van der Waals surface area contributed by atoms with Crippen LogP contribution in [0.3, 0.4) is 0 Å². The second kappa shape index (κ2) is 14.1. The van der Waals surface area contributed by atoms with Crippen LogP contribution in [0.1, 0.15) is 59.8 Å². The molecule has 1 saturated heterocycles. The monoisotopic (exact) mass is 528 g/mol. The minimum atomic E-state index is -0.684. The fourth-order valence-corrected chi connectivity index (χ4v) is 5.56. The van der Waals surface area contributed by atoms with E-state index in [0.29, 0.717) is 23.5 Å². The first-order chi connectivity index (χ1) is 13.0. The van der Waals surface area contributed by atoms with Crippen molar-refractivity contribution >= 4 is 40.7 Å². The fourth-order valence-electron chi connectivity index (χ4n) is 4.22. The first-order valence-electron chi connectivity index (χ1n) is 10.8. The molecule has 1 heterocycles. The molecule has 5 atom stereocenters. The van der Waals surface area contributed by atoms with E-state index in [1.54, 1.807) is 0 Å². The van der Waals surface area contributed by atoms with Crippen LogP contribution >= 0.6 is 24.0 Å². The molecule has 1 aliphatic heterocycles. The van der Waals surface area contributed by atoms with Gasteiger partial charge in [-0.25, -0.2) is 0 Å². The zero-order valence-corrected chi connectivity index (χ0v) is 21.3. The van der Waals surface area contributed by atoms with Gasteiger partial charge in [-0.2, -0.15) is 0 Å². The maximum absolute atomic E-state index is 12.2. The van der Waals surface area contributed by atoms with Gasteiger partial charge in [0.2, 0.25) is 0 Å². The topological polar surface area (TPSA) is 66.0 Å². The quantitative estimate of drug-likeness (QED) is 0.220. The Kier molecular flexibility index (Phi) is 13.2. The summed E-state index contributed by atoms with van der Waals surface area (Å²) in [6.07, 6.45) is 6.10. The Morgan fingerprint density at radius 3 is 2.57 bits per heavy atom. The average Bonchev–Trinajstić information content (AvgIpc) is 2.64. The van der Waals surface area contributed by atoms with Crippen molar-refractivity contribution in [1.82, 2.24) is 15.5 Å². The van der Waals surface area contributed by atoms with Crippen LogP contribution in [0.5, 0.6) is 0 Å². The zero-order chi connectivity index (χ0) is 19.6. The second-order valence-corrected chi connectivity index (χ2v) is 9.94. The Balaban J connectivity index is 0.00000392. The summed E-state index contributed by atoms with van der Waals surface area (Å²) in [5.41, 5.74) is 0. The Labute approximate surface area is 191 Å². The molecule has 1 saturated carbocycles. The van der Waals surface area contributed by atoms with Crippen LogP contribution in [-0.4, -0.2) is 77.0 Å². The van der Waals surface area contributed by atoms with Crippen LogP contribution in [0.15, 0.2) is 4.99 Å². The lowest BCUT2D eigenvalue weighted by Gasteiger charge is -2.35. The number of rotatable bonds is 8. The minimum absolute atomic E-state index is 0. The standard InChI is InChI=1S/C20H40N4O2S.HI/c1-5-21-20(23-18-9-7-10-19(13-18)27(25)6-2)22-11-8-12-24-14-16(3)26-17(4)15-24;/h16-19H,5-15H2,1-4H3,(H2,21,22,23);1H. The van der Waals surface area contributed by atoms with Crippen molar-refractivity contribution in [3.05, 3.63) is 0 Å². The summed E-state index contributed by atoms with van der Waals surface area (Å²) in [5.74, 6) is 1.68. The molecule has 0 aromatic heterocycles. The first kappa shape index (κ1) is 26.1. The van der Waals surface area contributed by atoms with Crippen molar-refractivity contribution in [3.8, 4) is 0 Å². The van der Waals surface area contributed by atoms with Gasteiger partial charge in [-0.3, -0.25) is 14.1 Å². The number of hydrogen-bond acceptors (Lipinski definition) is 4. The number of aliphatic imine (C=N–C) groups is 1. The van der Waals surface area contributed by atoms with Gasteiger partial charge in [-0.05, 0) is 46.5 Å². The minimum Gasteiger partial charge on any atom is -0.373 e.